The third-order valence-corrected chi connectivity index (χ3v) is 6.61. The average molecular weight is 461 g/mol. The van der Waals surface area contributed by atoms with Crippen molar-refractivity contribution in [3.63, 3.8) is 0 Å². The van der Waals surface area contributed by atoms with Crippen molar-refractivity contribution in [2.75, 3.05) is 31.3 Å². The fourth-order valence-electron chi connectivity index (χ4n) is 4.88. The van der Waals surface area contributed by atoms with Gasteiger partial charge in [-0.05, 0) is 51.3 Å². The van der Waals surface area contributed by atoms with E-state index in [1.807, 2.05) is 42.2 Å². The number of fused-ring (bicyclic) bond motifs is 1. The van der Waals surface area contributed by atoms with Gasteiger partial charge in [0.25, 0.3) is 0 Å². The van der Waals surface area contributed by atoms with Gasteiger partial charge in [-0.1, -0.05) is 5.16 Å². The molecule has 1 unspecified atom stereocenters. The first-order valence-corrected chi connectivity index (χ1v) is 11.9. The lowest BCUT2D eigenvalue weighted by atomic mass is 10.0. The Morgan fingerprint density at radius 1 is 1.09 bits per heavy atom. The van der Waals surface area contributed by atoms with Crippen molar-refractivity contribution in [1.82, 2.24) is 24.9 Å². The normalized spacial score (nSPS) is 21.3. The summed E-state index contributed by atoms with van der Waals surface area (Å²) in [7, 11) is 0. The maximum Gasteiger partial charge on any atom is 0.167 e. The first-order chi connectivity index (χ1) is 16.7. The van der Waals surface area contributed by atoms with Gasteiger partial charge in [0, 0.05) is 42.6 Å². The summed E-state index contributed by atoms with van der Waals surface area (Å²) in [5.74, 6) is 1.59. The molecule has 0 radical (unpaired) electrons. The highest BCUT2D eigenvalue weighted by Gasteiger charge is 2.26. The Bertz CT molecular complexity index is 1310. The van der Waals surface area contributed by atoms with Crippen LogP contribution in [0.5, 0.6) is 0 Å². The zero-order chi connectivity index (χ0) is 23.1. The van der Waals surface area contributed by atoms with Gasteiger partial charge in [-0.15, -0.1) is 0 Å². The van der Waals surface area contributed by atoms with Crippen LogP contribution in [0.2, 0.25) is 0 Å². The fraction of sp³-hybridized carbons (Fsp3) is 0.440. The van der Waals surface area contributed by atoms with E-state index in [0.717, 1.165) is 71.8 Å². The maximum absolute atomic E-state index is 6.03. The van der Waals surface area contributed by atoms with E-state index in [-0.39, 0.29) is 12.3 Å². The Labute approximate surface area is 197 Å². The Morgan fingerprint density at radius 2 is 2.03 bits per heavy atom. The molecule has 0 N–H and O–H groups in total. The zero-order valence-corrected chi connectivity index (χ0v) is 19.5. The largest absolute Gasteiger partial charge is 0.377 e. The molecule has 6 rings (SSSR count). The lowest BCUT2D eigenvalue weighted by Crippen LogP contribution is -2.44. The van der Waals surface area contributed by atoms with Crippen molar-refractivity contribution >= 4 is 16.7 Å². The molecule has 2 aliphatic rings. The van der Waals surface area contributed by atoms with E-state index in [1.54, 1.807) is 0 Å². The molecular formula is C25H28N6O3. The highest BCUT2D eigenvalue weighted by Crippen LogP contribution is 2.37. The van der Waals surface area contributed by atoms with E-state index in [1.165, 1.54) is 0 Å². The van der Waals surface area contributed by atoms with E-state index in [9.17, 15) is 0 Å². The Kier molecular flexibility index (Phi) is 5.50. The molecule has 34 heavy (non-hydrogen) atoms. The summed E-state index contributed by atoms with van der Waals surface area (Å²) in [5.41, 5.74) is 4.27. The van der Waals surface area contributed by atoms with Crippen molar-refractivity contribution in [3.05, 3.63) is 42.4 Å². The SMILES string of the molecule is Cc1cc(-c2cc(N3CCOC[C@H]3C)nc3c(-c4ccnn4C4CCCCO4)nccc23)on1. The smallest absolute Gasteiger partial charge is 0.167 e. The second kappa shape index (κ2) is 8.81. The lowest BCUT2D eigenvalue weighted by Gasteiger charge is -2.34. The molecule has 0 aromatic carbocycles. The summed E-state index contributed by atoms with van der Waals surface area (Å²) < 4.78 is 19.3. The molecule has 0 amide bonds. The molecule has 4 aromatic heterocycles. The molecule has 9 nitrogen and oxygen atoms in total. The van der Waals surface area contributed by atoms with Crippen LogP contribution in [0.3, 0.4) is 0 Å². The van der Waals surface area contributed by atoms with Gasteiger partial charge in [-0.25, -0.2) is 9.67 Å². The minimum atomic E-state index is -0.0883. The number of pyridine rings is 2. The van der Waals surface area contributed by atoms with E-state index < -0.39 is 0 Å². The number of ether oxygens (including phenoxy) is 2. The topological polar surface area (TPSA) is 91.3 Å². The number of morpholine rings is 1. The van der Waals surface area contributed by atoms with Crippen molar-refractivity contribution in [3.8, 4) is 22.7 Å². The van der Waals surface area contributed by atoms with E-state index >= 15 is 0 Å². The van der Waals surface area contributed by atoms with Gasteiger partial charge in [0.05, 0.1) is 30.6 Å². The third kappa shape index (κ3) is 3.74. The minimum Gasteiger partial charge on any atom is -0.377 e. The number of aromatic nitrogens is 5. The van der Waals surface area contributed by atoms with Gasteiger partial charge in [0.1, 0.15) is 17.0 Å². The van der Waals surface area contributed by atoms with Crippen LogP contribution in [0, 0.1) is 6.92 Å². The molecule has 6 heterocycles. The van der Waals surface area contributed by atoms with E-state index in [2.05, 4.69) is 28.1 Å². The van der Waals surface area contributed by atoms with Gasteiger partial charge < -0.3 is 18.9 Å². The van der Waals surface area contributed by atoms with Gasteiger partial charge in [-0.3, -0.25) is 4.98 Å². The molecule has 2 saturated heterocycles. The predicted octanol–water partition coefficient (Wildman–Crippen LogP) is 4.38. The first kappa shape index (κ1) is 21.2. The molecule has 0 saturated carbocycles. The number of hydrogen-bond acceptors (Lipinski definition) is 8. The van der Waals surface area contributed by atoms with Crippen LogP contribution in [-0.4, -0.2) is 57.3 Å². The fourth-order valence-corrected chi connectivity index (χ4v) is 4.88. The number of aryl methyl sites for hydroxylation is 1. The maximum atomic E-state index is 6.03. The Hall–Kier alpha value is -3.30. The molecule has 0 spiro atoms. The predicted molar refractivity (Wildman–Crippen MR) is 127 cm³/mol. The van der Waals surface area contributed by atoms with Gasteiger partial charge >= 0.3 is 0 Å². The van der Waals surface area contributed by atoms with Crippen LogP contribution >= 0.6 is 0 Å². The summed E-state index contributed by atoms with van der Waals surface area (Å²) in [6, 6.07) is 8.24. The standard InChI is InChI=1S/C25H28N6O3/c1-16-13-21(34-29-16)19-14-22(30-10-12-32-15-17(30)2)28-24-18(19)6-8-26-25(24)20-7-9-27-31(20)23-5-3-4-11-33-23/h6-9,13-14,17,23H,3-5,10-12,15H2,1-2H3/t17-,23?/m1/s1. The molecule has 4 aromatic rings. The number of hydrogen-bond donors (Lipinski definition) is 0. The van der Waals surface area contributed by atoms with Crippen molar-refractivity contribution in [1.29, 1.82) is 0 Å². The quantitative estimate of drug-likeness (QED) is 0.443. The summed E-state index contributed by atoms with van der Waals surface area (Å²) in [6.45, 7) is 6.95. The van der Waals surface area contributed by atoms with Gasteiger partial charge in [-0.2, -0.15) is 5.10 Å². The van der Waals surface area contributed by atoms with Crippen LogP contribution < -0.4 is 4.90 Å². The average Bonchev–Trinajstić information content (AvgIpc) is 3.53. The zero-order valence-electron chi connectivity index (χ0n) is 19.5. The first-order valence-electron chi connectivity index (χ1n) is 11.9. The molecule has 9 heteroatoms. The second-order valence-electron chi connectivity index (χ2n) is 9.02. The molecule has 2 aliphatic heterocycles. The highest BCUT2D eigenvalue weighted by atomic mass is 16.5. The van der Waals surface area contributed by atoms with Gasteiger partial charge in [0.15, 0.2) is 12.0 Å². The summed E-state index contributed by atoms with van der Waals surface area (Å²) in [6.07, 6.45) is 6.69. The number of anilines is 1. The minimum absolute atomic E-state index is 0.0883. The molecule has 0 bridgehead atoms. The van der Waals surface area contributed by atoms with Crippen LogP contribution in [0.15, 0.2) is 41.2 Å². The third-order valence-electron chi connectivity index (χ3n) is 6.61. The van der Waals surface area contributed by atoms with Crippen molar-refractivity contribution in [2.45, 2.75) is 45.4 Å². The van der Waals surface area contributed by atoms with Crippen LogP contribution in [0.1, 0.15) is 38.1 Å². The summed E-state index contributed by atoms with van der Waals surface area (Å²) in [5, 5.41) is 9.69. The van der Waals surface area contributed by atoms with Crippen LogP contribution in [0.4, 0.5) is 5.82 Å². The monoisotopic (exact) mass is 460 g/mol. The number of rotatable bonds is 4. The van der Waals surface area contributed by atoms with Crippen molar-refractivity contribution in [2.24, 2.45) is 0 Å². The lowest BCUT2D eigenvalue weighted by molar-refractivity contribution is -0.0383. The number of nitrogens with zero attached hydrogens (tertiary/aromatic N) is 6. The van der Waals surface area contributed by atoms with E-state index in [4.69, 9.17) is 24.0 Å². The van der Waals surface area contributed by atoms with Crippen molar-refractivity contribution < 1.29 is 14.0 Å². The molecule has 2 fully saturated rings. The van der Waals surface area contributed by atoms with Gasteiger partial charge in [0.2, 0.25) is 0 Å². The summed E-state index contributed by atoms with van der Waals surface area (Å²) in [4.78, 5) is 12.2. The second-order valence-corrected chi connectivity index (χ2v) is 9.02. The molecule has 176 valence electrons. The van der Waals surface area contributed by atoms with Crippen LogP contribution in [-0.2, 0) is 9.47 Å². The summed E-state index contributed by atoms with van der Waals surface area (Å²) >= 11 is 0. The highest BCUT2D eigenvalue weighted by molar-refractivity contribution is 6.00. The van der Waals surface area contributed by atoms with E-state index in [0.29, 0.717) is 19.0 Å². The molecule has 2 atom stereocenters. The Morgan fingerprint density at radius 3 is 2.82 bits per heavy atom. The Balaban J connectivity index is 1.56. The van der Waals surface area contributed by atoms with Crippen LogP contribution in [0.25, 0.3) is 33.6 Å². The molecular weight excluding hydrogens is 432 g/mol. The molecule has 0 aliphatic carbocycles.